The molecule has 2 aromatic carbocycles. The van der Waals surface area contributed by atoms with Crippen LogP contribution in [-0.4, -0.2) is 41.4 Å². The highest BCUT2D eigenvalue weighted by atomic mass is 16.6. The van der Waals surface area contributed by atoms with Gasteiger partial charge in [0.25, 0.3) is 5.69 Å². The number of rotatable bonds is 10. The number of amides is 2. The molecule has 0 fully saturated rings. The molecule has 0 spiro atoms. The summed E-state index contributed by atoms with van der Waals surface area (Å²) in [5.74, 6) is -1.57. The van der Waals surface area contributed by atoms with Crippen LogP contribution in [0.25, 0.3) is 0 Å². The smallest absolute Gasteiger partial charge is 0.328 e. The van der Waals surface area contributed by atoms with Crippen molar-refractivity contribution in [1.82, 2.24) is 10.6 Å². The molecule has 31 heavy (non-hydrogen) atoms. The van der Waals surface area contributed by atoms with E-state index in [0.717, 1.165) is 5.56 Å². The van der Waals surface area contributed by atoms with Crippen molar-refractivity contribution in [1.29, 1.82) is 0 Å². The number of nitro groups is 1. The predicted molar refractivity (Wildman–Crippen MR) is 113 cm³/mol. The lowest BCUT2D eigenvalue weighted by Crippen LogP contribution is -2.51. The maximum Gasteiger partial charge on any atom is 0.328 e. The van der Waals surface area contributed by atoms with Crippen LogP contribution in [0.1, 0.15) is 25.0 Å². The second kappa shape index (κ2) is 11.4. The highest BCUT2D eigenvalue weighted by Crippen LogP contribution is 2.13. The molecular formula is C22H25N3O6. The first-order valence-corrected chi connectivity index (χ1v) is 9.83. The molecule has 0 aliphatic rings. The number of nitro benzene ring substituents is 1. The van der Waals surface area contributed by atoms with Crippen molar-refractivity contribution in [2.45, 2.75) is 38.8 Å². The zero-order valence-corrected chi connectivity index (χ0v) is 17.4. The third-order valence-electron chi connectivity index (χ3n) is 4.43. The van der Waals surface area contributed by atoms with Gasteiger partial charge in [-0.2, -0.15) is 0 Å². The van der Waals surface area contributed by atoms with E-state index in [1.807, 2.05) is 30.3 Å². The Bertz CT molecular complexity index is 932. The number of non-ortho nitro benzene ring substituents is 1. The first kappa shape index (κ1) is 23.5. The summed E-state index contributed by atoms with van der Waals surface area (Å²) in [6, 6.07) is 13.1. The molecule has 0 saturated heterocycles. The van der Waals surface area contributed by atoms with E-state index >= 15 is 0 Å². The van der Waals surface area contributed by atoms with Crippen molar-refractivity contribution in [2.24, 2.45) is 0 Å². The molecule has 0 aliphatic heterocycles. The summed E-state index contributed by atoms with van der Waals surface area (Å²) in [5, 5.41) is 16.0. The van der Waals surface area contributed by atoms with Gasteiger partial charge in [0, 0.05) is 18.6 Å². The van der Waals surface area contributed by atoms with Gasteiger partial charge in [0.05, 0.1) is 18.0 Å². The summed E-state index contributed by atoms with van der Waals surface area (Å²) in [5.41, 5.74) is 1.19. The normalized spacial score (nSPS) is 12.3. The molecule has 2 N–H and O–H groups in total. The number of benzene rings is 2. The fraction of sp³-hybridized carbons (Fsp3) is 0.318. The predicted octanol–water partition coefficient (Wildman–Crippen LogP) is 1.93. The van der Waals surface area contributed by atoms with Crippen molar-refractivity contribution >= 4 is 23.5 Å². The molecule has 0 aliphatic carbocycles. The van der Waals surface area contributed by atoms with E-state index in [1.165, 1.54) is 25.1 Å². The van der Waals surface area contributed by atoms with Gasteiger partial charge in [0.2, 0.25) is 11.8 Å². The lowest BCUT2D eigenvalue weighted by molar-refractivity contribution is -0.384. The van der Waals surface area contributed by atoms with Crippen LogP contribution in [-0.2, 0) is 32.0 Å². The molecular weight excluding hydrogens is 402 g/mol. The van der Waals surface area contributed by atoms with Gasteiger partial charge in [-0.3, -0.25) is 19.7 Å². The first-order valence-electron chi connectivity index (χ1n) is 9.83. The molecule has 164 valence electrons. The number of nitrogens with one attached hydrogen (secondary N) is 2. The maximum atomic E-state index is 12.6. The van der Waals surface area contributed by atoms with Gasteiger partial charge in [-0.25, -0.2) is 4.79 Å². The Morgan fingerprint density at radius 1 is 1.03 bits per heavy atom. The Kier molecular flexibility index (Phi) is 8.68. The van der Waals surface area contributed by atoms with Gasteiger partial charge in [-0.1, -0.05) is 42.5 Å². The average molecular weight is 427 g/mol. The SMILES string of the molecule is CCOC(=O)[C@H](Cc1ccccc1)NC(=O)[C@H](C)NC(=O)Cc1cccc([N+](=O)[O-])c1. The van der Waals surface area contributed by atoms with E-state index in [4.69, 9.17) is 4.74 Å². The lowest BCUT2D eigenvalue weighted by Gasteiger charge is -2.20. The molecule has 0 aromatic heterocycles. The molecule has 0 bridgehead atoms. The maximum absolute atomic E-state index is 12.6. The number of hydrogen-bond donors (Lipinski definition) is 2. The van der Waals surface area contributed by atoms with E-state index in [9.17, 15) is 24.5 Å². The molecule has 0 heterocycles. The zero-order chi connectivity index (χ0) is 22.8. The molecule has 2 rings (SSSR count). The van der Waals surface area contributed by atoms with E-state index in [0.29, 0.717) is 5.56 Å². The summed E-state index contributed by atoms with van der Waals surface area (Å²) in [7, 11) is 0. The Morgan fingerprint density at radius 3 is 2.35 bits per heavy atom. The van der Waals surface area contributed by atoms with Gasteiger partial charge < -0.3 is 15.4 Å². The Labute approximate surface area is 179 Å². The molecule has 0 saturated carbocycles. The highest BCUT2D eigenvalue weighted by molar-refractivity contribution is 5.91. The topological polar surface area (TPSA) is 128 Å². The monoisotopic (exact) mass is 427 g/mol. The van der Waals surface area contributed by atoms with E-state index in [-0.39, 0.29) is 25.1 Å². The fourth-order valence-electron chi connectivity index (χ4n) is 2.91. The van der Waals surface area contributed by atoms with Crippen LogP contribution in [0.3, 0.4) is 0 Å². The number of carbonyl (C=O) groups excluding carboxylic acids is 3. The van der Waals surface area contributed by atoms with E-state index in [2.05, 4.69) is 10.6 Å². The number of carbonyl (C=O) groups is 3. The van der Waals surface area contributed by atoms with Crippen LogP contribution in [0, 0.1) is 10.1 Å². The zero-order valence-electron chi connectivity index (χ0n) is 17.4. The van der Waals surface area contributed by atoms with Crippen LogP contribution in [0.4, 0.5) is 5.69 Å². The second-order valence-electron chi connectivity index (χ2n) is 6.90. The highest BCUT2D eigenvalue weighted by Gasteiger charge is 2.25. The average Bonchev–Trinajstić information content (AvgIpc) is 2.74. The van der Waals surface area contributed by atoms with Crippen LogP contribution in [0.15, 0.2) is 54.6 Å². The van der Waals surface area contributed by atoms with Crippen molar-refractivity contribution in [3.05, 3.63) is 75.8 Å². The standard InChI is InChI=1S/C22H25N3O6/c1-3-31-22(28)19(13-16-8-5-4-6-9-16)24-21(27)15(2)23-20(26)14-17-10-7-11-18(12-17)25(29)30/h4-12,15,19H,3,13-14H2,1-2H3,(H,23,26)(H,24,27)/t15-,19-/m0/s1. The largest absolute Gasteiger partial charge is 0.464 e. The van der Waals surface area contributed by atoms with Crippen molar-refractivity contribution in [2.75, 3.05) is 6.61 Å². The Morgan fingerprint density at radius 2 is 1.71 bits per heavy atom. The van der Waals surface area contributed by atoms with Crippen LogP contribution in [0.2, 0.25) is 0 Å². The third-order valence-corrected chi connectivity index (χ3v) is 4.43. The number of ether oxygens (including phenoxy) is 1. The van der Waals surface area contributed by atoms with E-state index in [1.54, 1.807) is 13.0 Å². The minimum absolute atomic E-state index is 0.116. The van der Waals surface area contributed by atoms with Gasteiger partial charge in [-0.05, 0) is 25.0 Å². The number of hydrogen-bond acceptors (Lipinski definition) is 6. The lowest BCUT2D eigenvalue weighted by atomic mass is 10.1. The number of esters is 1. The third kappa shape index (κ3) is 7.54. The summed E-state index contributed by atoms with van der Waals surface area (Å²) < 4.78 is 5.05. The first-order chi connectivity index (χ1) is 14.8. The summed E-state index contributed by atoms with van der Waals surface area (Å²) in [4.78, 5) is 47.4. The fourth-order valence-corrected chi connectivity index (χ4v) is 2.91. The van der Waals surface area contributed by atoms with Crippen LogP contribution in [0.5, 0.6) is 0 Å². The minimum Gasteiger partial charge on any atom is -0.464 e. The van der Waals surface area contributed by atoms with Crippen molar-refractivity contribution in [3.63, 3.8) is 0 Å². The molecule has 9 heteroatoms. The van der Waals surface area contributed by atoms with Gasteiger partial charge in [0.15, 0.2) is 0 Å². The Balaban J connectivity index is 1.97. The quantitative estimate of drug-likeness (QED) is 0.339. The second-order valence-corrected chi connectivity index (χ2v) is 6.90. The van der Waals surface area contributed by atoms with Crippen LogP contribution < -0.4 is 10.6 Å². The van der Waals surface area contributed by atoms with Gasteiger partial charge >= 0.3 is 5.97 Å². The minimum atomic E-state index is -0.918. The molecule has 0 unspecified atom stereocenters. The molecule has 2 aromatic rings. The summed E-state index contributed by atoms with van der Waals surface area (Å²) in [6.07, 6.45) is 0.129. The van der Waals surface area contributed by atoms with Crippen LogP contribution >= 0.6 is 0 Å². The van der Waals surface area contributed by atoms with E-state index < -0.39 is 34.8 Å². The Hall–Kier alpha value is -3.75. The number of nitrogens with zero attached hydrogens (tertiary/aromatic N) is 1. The molecule has 2 atom stereocenters. The summed E-state index contributed by atoms with van der Waals surface area (Å²) >= 11 is 0. The molecule has 9 nitrogen and oxygen atoms in total. The molecule has 2 amide bonds. The summed E-state index contributed by atoms with van der Waals surface area (Å²) in [6.45, 7) is 3.34. The molecule has 0 radical (unpaired) electrons. The van der Waals surface area contributed by atoms with Gasteiger partial charge in [0.1, 0.15) is 12.1 Å². The van der Waals surface area contributed by atoms with Crippen molar-refractivity contribution < 1.29 is 24.0 Å². The van der Waals surface area contributed by atoms with Crippen molar-refractivity contribution in [3.8, 4) is 0 Å². The van der Waals surface area contributed by atoms with Gasteiger partial charge in [-0.15, -0.1) is 0 Å².